The number of carbonyl (C=O) groups is 1. The maximum Gasteiger partial charge on any atom is 0.253 e. The summed E-state index contributed by atoms with van der Waals surface area (Å²) in [5, 5.41) is 0. The Morgan fingerprint density at radius 2 is 1.91 bits per heavy atom. The van der Waals surface area contributed by atoms with Crippen molar-refractivity contribution in [3.8, 4) is 11.5 Å². The summed E-state index contributed by atoms with van der Waals surface area (Å²) in [6.07, 6.45) is 0.0449. The van der Waals surface area contributed by atoms with Crippen LogP contribution in [0.5, 0.6) is 11.5 Å². The van der Waals surface area contributed by atoms with Gasteiger partial charge < -0.3 is 20.1 Å². The lowest BCUT2D eigenvalue weighted by atomic mass is 9.93. The molecule has 0 saturated heterocycles. The normalized spacial score (nSPS) is 11.0. The van der Waals surface area contributed by atoms with Gasteiger partial charge in [-0.3, -0.25) is 4.79 Å². The fourth-order valence-corrected chi connectivity index (χ4v) is 2.15. The fraction of sp³-hybridized carbons (Fsp3) is 0.588. The minimum absolute atomic E-state index is 0. The molecule has 0 spiro atoms. The third-order valence-corrected chi connectivity index (χ3v) is 3.34. The average molecular weight is 345 g/mol. The zero-order valence-electron chi connectivity index (χ0n) is 14.9. The first-order valence-corrected chi connectivity index (χ1v) is 7.50. The molecule has 0 heterocycles. The topological polar surface area (TPSA) is 64.8 Å². The lowest BCUT2D eigenvalue weighted by molar-refractivity contribution is 0.0740. The van der Waals surface area contributed by atoms with Gasteiger partial charge in [0.05, 0.1) is 13.2 Å². The lowest BCUT2D eigenvalue weighted by Crippen LogP contribution is -2.39. The van der Waals surface area contributed by atoms with Crippen LogP contribution < -0.4 is 15.2 Å². The van der Waals surface area contributed by atoms with Gasteiger partial charge in [0.2, 0.25) is 0 Å². The highest BCUT2D eigenvalue weighted by molar-refractivity contribution is 5.94. The van der Waals surface area contributed by atoms with Crippen molar-refractivity contribution in [1.82, 2.24) is 4.90 Å². The molecule has 1 aromatic rings. The number of nitrogens with two attached hydrogens (primary N) is 1. The number of halogens is 1. The van der Waals surface area contributed by atoms with Crippen LogP contribution in [0.2, 0.25) is 0 Å². The van der Waals surface area contributed by atoms with Crippen molar-refractivity contribution in [2.75, 3.05) is 27.2 Å². The second-order valence-corrected chi connectivity index (χ2v) is 6.56. The highest BCUT2D eigenvalue weighted by Crippen LogP contribution is 2.29. The Morgan fingerprint density at radius 3 is 2.39 bits per heavy atom. The molecule has 1 aromatic carbocycles. The number of rotatable bonds is 7. The van der Waals surface area contributed by atoms with Crippen molar-refractivity contribution in [3.63, 3.8) is 0 Å². The minimum Gasteiger partial charge on any atom is -0.493 e. The largest absolute Gasteiger partial charge is 0.493 e. The molecule has 0 atom stereocenters. The third kappa shape index (κ3) is 6.28. The predicted octanol–water partition coefficient (Wildman–Crippen LogP) is 2.96. The smallest absolute Gasteiger partial charge is 0.253 e. The highest BCUT2D eigenvalue weighted by Gasteiger charge is 2.22. The van der Waals surface area contributed by atoms with Crippen molar-refractivity contribution in [2.24, 2.45) is 11.1 Å². The Bertz CT molecular complexity index is 519. The number of benzene rings is 1. The highest BCUT2D eigenvalue weighted by atomic mass is 35.5. The molecular weight excluding hydrogens is 316 g/mol. The van der Waals surface area contributed by atoms with Crippen molar-refractivity contribution in [2.45, 2.75) is 33.8 Å². The van der Waals surface area contributed by atoms with Crippen LogP contribution in [0.15, 0.2) is 18.2 Å². The van der Waals surface area contributed by atoms with E-state index in [0.717, 1.165) is 0 Å². The summed E-state index contributed by atoms with van der Waals surface area (Å²) < 4.78 is 11.0. The zero-order valence-corrected chi connectivity index (χ0v) is 15.7. The molecule has 0 bridgehead atoms. The number of methoxy groups -OCH3 is 1. The Morgan fingerprint density at radius 1 is 1.30 bits per heavy atom. The molecule has 0 unspecified atom stereocenters. The van der Waals surface area contributed by atoms with Gasteiger partial charge in [0, 0.05) is 19.2 Å². The Hall–Kier alpha value is -1.46. The van der Waals surface area contributed by atoms with E-state index >= 15 is 0 Å². The zero-order chi connectivity index (χ0) is 16.9. The molecule has 0 saturated carbocycles. The molecule has 6 heteroatoms. The van der Waals surface area contributed by atoms with Crippen LogP contribution in [0, 0.1) is 5.41 Å². The number of nitrogens with zero attached hydrogens (tertiary/aromatic N) is 1. The van der Waals surface area contributed by atoms with Gasteiger partial charge in [0.15, 0.2) is 11.5 Å². The standard InChI is InChI=1S/C17H28N2O3.ClH/c1-12(2)22-14-8-7-13(9-15(14)21-6)16(20)19(5)11-17(3,4)10-18;/h7-9,12H,10-11,18H2,1-6H3;1H. The van der Waals surface area contributed by atoms with Crippen LogP contribution >= 0.6 is 12.4 Å². The molecule has 0 aliphatic carbocycles. The summed E-state index contributed by atoms with van der Waals surface area (Å²) in [7, 11) is 3.35. The summed E-state index contributed by atoms with van der Waals surface area (Å²) in [6.45, 7) is 9.08. The van der Waals surface area contributed by atoms with E-state index < -0.39 is 0 Å². The molecule has 23 heavy (non-hydrogen) atoms. The SMILES string of the molecule is COc1cc(C(=O)N(C)CC(C)(C)CN)ccc1OC(C)C.Cl. The molecule has 0 aromatic heterocycles. The van der Waals surface area contributed by atoms with Crippen LogP contribution in [-0.4, -0.2) is 44.2 Å². The number of ether oxygens (including phenoxy) is 2. The second-order valence-electron chi connectivity index (χ2n) is 6.56. The molecule has 1 amide bonds. The van der Waals surface area contributed by atoms with Gasteiger partial charge in [-0.15, -0.1) is 12.4 Å². The van der Waals surface area contributed by atoms with Gasteiger partial charge in [0.1, 0.15) is 0 Å². The summed E-state index contributed by atoms with van der Waals surface area (Å²) in [4.78, 5) is 14.2. The first-order chi connectivity index (χ1) is 10.2. The van der Waals surface area contributed by atoms with E-state index in [0.29, 0.717) is 30.2 Å². The van der Waals surface area contributed by atoms with Crippen molar-refractivity contribution < 1.29 is 14.3 Å². The predicted molar refractivity (Wildman–Crippen MR) is 95.8 cm³/mol. The maximum absolute atomic E-state index is 12.5. The number of carbonyl (C=O) groups excluding carboxylic acids is 1. The number of hydrogen-bond donors (Lipinski definition) is 1. The summed E-state index contributed by atoms with van der Waals surface area (Å²) in [5.41, 5.74) is 6.19. The first-order valence-electron chi connectivity index (χ1n) is 7.50. The van der Waals surface area contributed by atoms with Crippen LogP contribution in [0.1, 0.15) is 38.1 Å². The number of hydrogen-bond acceptors (Lipinski definition) is 4. The second kappa shape index (κ2) is 8.99. The van der Waals surface area contributed by atoms with Crippen LogP contribution in [0.3, 0.4) is 0 Å². The molecule has 5 nitrogen and oxygen atoms in total. The van der Waals surface area contributed by atoms with E-state index in [-0.39, 0.29) is 29.8 Å². The third-order valence-electron chi connectivity index (χ3n) is 3.34. The van der Waals surface area contributed by atoms with Gasteiger partial charge in [0.25, 0.3) is 5.91 Å². The Labute approximate surface area is 145 Å². The van der Waals surface area contributed by atoms with E-state index in [1.807, 2.05) is 27.7 Å². The molecule has 1 rings (SSSR count). The molecule has 2 N–H and O–H groups in total. The van der Waals surface area contributed by atoms with E-state index in [4.69, 9.17) is 15.2 Å². The maximum atomic E-state index is 12.5. The summed E-state index contributed by atoms with van der Waals surface area (Å²) in [5.74, 6) is 1.14. The molecule has 0 radical (unpaired) electrons. The molecule has 0 fully saturated rings. The van der Waals surface area contributed by atoms with Crippen LogP contribution in [0.25, 0.3) is 0 Å². The van der Waals surface area contributed by atoms with Gasteiger partial charge in [-0.25, -0.2) is 0 Å². The lowest BCUT2D eigenvalue weighted by Gasteiger charge is -2.29. The summed E-state index contributed by atoms with van der Waals surface area (Å²) >= 11 is 0. The Balaban J connectivity index is 0.00000484. The van der Waals surface area contributed by atoms with Gasteiger partial charge in [-0.1, -0.05) is 13.8 Å². The number of amides is 1. The van der Waals surface area contributed by atoms with Crippen LogP contribution in [0.4, 0.5) is 0 Å². The van der Waals surface area contributed by atoms with Gasteiger partial charge >= 0.3 is 0 Å². The molecular formula is C17H29ClN2O3. The van der Waals surface area contributed by atoms with Crippen molar-refractivity contribution in [3.05, 3.63) is 23.8 Å². The molecule has 132 valence electrons. The van der Waals surface area contributed by atoms with E-state index in [9.17, 15) is 4.79 Å². The average Bonchev–Trinajstić information content (AvgIpc) is 2.45. The first kappa shape index (κ1) is 21.5. The quantitative estimate of drug-likeness (QED) is 0.825. The minimum atomic E-state index is -0.116. The van der Waals surface area contributed by atoms with Crippen LogP contribution in [-0.2, 0) is 0 Å². The molecule has 0 aliphatic heterocycles. The van der Waals surface area contributed by atoms with Gasteiger partial charge in [-0.05, 0) is 44.0 Å². The van der Waals surface area contributed by atoms with E-state index in [1.54, 1.807) is 37.3 Å². The Kier molecular flexibility index (Phi) is 8.42. The van der Waals surface area contributed by atoms with Crippen molar-refractivity contribution in [1.29, 1.82) is 0 Å². The monoisotopic (exact) mass is 344 g/mol. The fourth-order valence-electron chi connectivity index (χ4n) is 2.15. The van der Waals surface area contributed by atoms with E-state index in [2.05, 4.69) is 0 Å². The molecule has 0 aliphatic rings. The van der Waals surface area contributed by atoms with Gasteiger partial charge in [-0.2, -0.15) is 0 Å². The van der Waals surface area contributed by atoms with E-state index in [1.165, 1.54) is 0 Å². The van der Waals surface area contributed by atoms with Crippen molar-refractivity contribution >= 4 is 18.3 Å². The summed E-state index contributed by atoms with van der Waals surface area (Å²) in [6, 6.07) is 5.24.